The molecular formula is C6H8F2N2O. The average Bonchev–Trinajstić information content (AvgIpc) is 2.39. The molecule has 1 aromatic heterocycles. The van der Waals surface area contributed by atoms with Crippen LogP contribution >= 0.6 is 0 Å². The van der Waals surface area contributed by atoms with E-state index in [1.165, 1.54) is 6.20 Å². The highest BCUT2D eigenvalue weighted by Gasteiger charge is 2.28. The summed E-state index contributed by atoms with van der Waals surface area (Å²) in [5, 5.41) is 0. The Bertz CT molecular complexity index is 210. The van der Waals surface area contributed by atoms with Crippen LogP contribution in [-0.4, -0.2) is 17.5 Å². The van der Waals surface area contributed by atoms with E-state index in [9.17, 15) is 8.78 Å². The number of nitrogens with zero attached hydrogens (tertiary/aromatic N) is 1. The smallest absolute Gasteiger partial charge is 0.267 e. The van der Waals surface area contributed by atoms with Crippen molar-refractivity contribution in [1.29, 1.82) is 0 Å². The quantitative estimate of drug-likeness (QED) is 0.715. The van der Waals surface area contributed by atoms with Crippen LogP contribution in [0.15, 0.2) is 17.0 Å². The molecule has 0 amide bonds. The Morgan fingerprint density at radius 1 is 1.64 bits per heavy atom. The molecule has 5 heteroatoms. The van der Waals surface area contributed by atoms with E-state index in [0.29, 0.717) is 0 Å². The first-order chi connectivity index (χ1) is 5.14. The highest BCUT2D eigenvalue weighted by atomic mass is 19.3. The lowest BCUT2D eigenvalue weighted by atomic mass is 10.2. The molecule has 0 spiro atoms. The Morgan fingerprint density at radius 2 is 2.36 bits per heavy atom. The zero-order valence-corrected chi connectivity index (χ0v) is 5.76. The Kier molecular flexibility index (Phi) is 2.19. The van der Waals surface area contributed by atoms with Crippen molar-refractivity contribution in [2.24, 2.45) is 5.73 Å². The molecule has 0 aliphatic carbocycles. The minimum Gasteiger partial charge on any atom is -0.448 e. The molecule has 1 heterocycles. The van der Waals surface area contributed by atoms with Crippen LogP contribution < -0.4 is 5.73 Å². The lowest BCUT2D eigenvalue weighted by Gasteiger charge is -2.10. The van der Waals surface area contributed by atoms with Gasteiger partial charge < -0.3 is 10.2 Å². The molecule has 2 N–H and O–H groups in total. The van der Waals surface area contributed by atoms with Gasteiger partial charge in [-0.05, 0) is 0 Å². The van der Waals surface area contributed by atoms with E-state index in [4.69, 9.17) is 5.73 Å². The number of aromatic nitrogens is 1. The molecule has 0 aliphatic rings. The summed E-state index contributed by atoms with van der Waals surface area (Å²) < 4.78 is 29.6. The second-order valence-corrected chi connectivity index (χ2v) is 2.20. The number of hydrogen-bond acceptors (Lipinski definition) is 3. The van der Waals surface area contributed by atoms with E-state index in [-0.39, 0.29) is 5.76 Å². The number of nitrogens with two attached hydrogens (primary N) is 1. The third kappa shape index (κ3) is 2.27. The minimum absolute atomic E-state index is 0.153. The molecule has 0 atom stereocenters. The van der Waals surface area contributed by atoms with Crippen molar-refractivity contribution in [2.75, 3.05) is 6.54 Å². The lowest BCUT2D eigenvalue weighted by Crippen LogP contribution is -2.29. The average molecular weight is 162 g/mol. The van der Waals surface area contributed by atoms with E-state index in [0.717, 1.165) is 6.39 Å². The van der Waals surface area contributed by atoms with Crippen molar-refractivity contribution in [1.82, 2.24) is 4.98 Å². The molecule has 3 nitrogen and oxygen atoms in total. The summed E-state index contributed by atoms with van der Waals surface area (Å²) in [6, 6.07) is 0. The van der Waals surface area contributed by atoms with E-state index < -0.39 is 18.9 Å². The van der Waals surface area contributed by atoms with Crippen molar-refractivity contribution >= 4 is 0 Å². The van der Waals surface area contributed by atoms with Gasteiger partial charge in [-0.15, -0.1) is 0 Å². The molecule has 1 rings (SSSR count). The Balaban J connectivity index is 2.56. The molecule has 0 radical (unpaired) electrons. The highest BCUT2D eigenvalue weighted by Crippen LogP contribution is 2.17. The van der Waals surface area contributed by atoms with Gasteiger partial charge in [0.2, 0.25) is 0 Å². The summed E-state index contributed by atoms with van der Waals surface area (Å²) in [6.45, 7) is -0.673. The first-order valence-corrected chi connectivity index (χ1v) is 3.09. The molecule has 11 heavy (non-hydrogen) atoms. The Labute approximate surface area is 62.2 Å². The fraction of sp³-hybridized carbons (Fsp3) is 0.500. The van der Waals surface area contributed by atoms with Crippen molar-refractivity contribution in [3.05, 3.63) is 18.4 Å². The maximum absolute atomic E-state index is 12.5. The fourth-order valence-corrected chi connectivity index (χ4v) is 0.657. The number of halogens is 2. The van der Waals surface area contributed by atoms with Crippen molar-refractivity contribution in [3.63, 3.8) is 0 Å². The zero-order chi connectivity index (χ0) is 8.32. The molecule has 0 bridgehead atoms. The van der Waals surface area contributed by atoms with Crippen molar-refractivity contribution in [2.45, 2.75) is 12.3 Å². The second kappa shape index (κ2) is 2.96. The summed E-state index contributed by atoms with van der Waals surface area (Å²) in [6.07, 6.45) is 1.88. The summed E-state index contributed by atoms with van der Waals surface area (Å²) in [4.78, 5) is 3.50. The topological polar surface area (TPSA) is 52.0 Å². The minimum atomic E-state index is -2.89. The van der Waals surface area contributed by atoms with E-state index in [1.54, 1.807) is 0 Å². The van der Waals surface area contributed by atoms with Crippen LogP contribution in [0.2, 0.25) is 0 Å². The number of oxazole rings is 1. The Hall–Kier alpha value is -0.970. The largest absolute Gasteiger partial charge is 0.448 e. The summed E-state index contributed by atoms with van der Waals surface area (Å²) in [7, 11) is 0. The molecule has 0 saturated heterocycles. The van der Waals surface area contributed by atoms with Crippen LogP contribution in [0.1, 0.15) is 5.76 Å². The molecular weight excluding hydrogens is 154 g/mol. The van der Waals surface area contributed by atoms with Gasteiger partial charge in [0, 0.05) is 0 Å². The van der Waals surface area contributed by atoms with Gasteiger partial charge in [-0.3, -0.25) is 0 Å². The monoisotopic (exact) mass is 162 g/mol. The van der Waals surface area contributed by atoms with E-state index in [1.807, 2.05) is 0 Å². The van der Waals surface area contributed by atoms with Gasteiger partial charge in [0.15, 0.2) is 6.39 Å². The van der Waals surface area contributed by atoms with Crippen LogP contribution in [-0.2, 0) is 6.42 Å². The molecule has 62 valence electrons. The maximum atomic E-state index is 12.5. The van der Waals surface area contributed by atoms with Gasteiger partial charge in [0.1, 0.15) is 5.76 Å². The zero-order valence-electron chi connectivity index (χ0n) is 5.76. The van der Waals surface area contributed by atoms with Gasteiger partial charge in [-0.25, -0.2) is 13.8 Å². The first-order valence-electron chi connectivity index (χ1n) is 3.09. The molecule has 0 saturated carbocycles. The SMILES string of the molecule is NCC(F)(F)Cc1cnco1. The van der Waals surface area contributed by atoms with Crippen LogP contribution in [0, 0.1) is 0 Å². The van der Waals surface area contributed by atoms with Crippen LogP contribution in [0.25, 0.3) is 0 Å². The molecule has 0 fully saturated rings. The van der Waals surface area contributed by atoms with Gasteiger partial charge in [0.05, 0.1) is 19.2 Å². The maximum Gasteiger partial charge on any atom is 0.267 e. The fourth-order valence-electron chi connectivity index (χ4n) is 0.657. The third-order valence-electron chi connectivity index (χ3n) is 1.21. The van der Waals surface area contributed by atoms with Gasteiger partial charge in [-0.1, -0.05) is 0 Å². The van der Waals surface area contributed by atoms with Gasteiger partial charge in [-0.2, -0.15) is 0 Å². The van der Waals surface area contributed by atoms with E-state index in [2.05, 4.69) is 9.40 Å². The lowest BCUT2D eigenvalue weighted by molar-refractivity contribution is 0.00672. The highest BCUT2D eigenvalue weighted by molar-refractivity contribution is 4.93. The number of alkyl halides is 2. The standard InChI is InChI=1S/C6H8F2N2O/c7-6(8,3-9)1-5-2-10-4-11-5/h2,4H,1,3,9H2. The second-order valence-electron chi connectivity index (χ2n) is 2.20. The van der Waals surface area contributed by atoms with Crippen LogP contribution in [0.4, 0.5) is 8.78 Å². The van der Waals surface area contributed by atoms with Gasteiger partial charge >= 0.3 is 0 Å². The summed E-state index contributed by atoms with van der Waals surface area (Å²) in [5.41, 5.74) is 4.81. The van der Waals surface area contributed by atoms with Gasteiger partial charge in [0.25, 0.3) is 5.92 Å². The molecule has 0 aromatic carbocycles. The van der Waals surface area contributed by atoms with Crippen LogP contribution in [0.3, 0.4) is 0 Å². The van der Waals surface area contributed by atoms with E-state index >= 15 is 0 Å². The number of rotatable bonds is 3. The van der Waals surface area contributed by atoms with Crippen molar-refractivity contribution < 1.29 is 13.2 Å². The molecule has 0 unspecified atom stereocenters. The van der Waals surface area contributed by atoms with Crippen LogP contribution in [0.5, 0.6) is 0 Å². The third-order valence-corrected chi connectivity index (χ3v) is 1.21. The molecule has 1 aromatic rings. The first kappa shape index (κ1) is 8.13. The Morgan fingerprint density at radius 3 is 2.82 bits per heavy atom. The molecule has 0 aliphatic heterocycles. The summed E-state index contributed by atoms with van der Waals surface area (Å²) >= 11 is 0. The van der Waals surface area contributed by atoms with Crippen molar-refractivity contribution in [3.8, 4) is 0 Å². The number of hydrogen-bond donors (Lipinski definition) is 1. The predicted octanol–water partition coefficient (Wildman–Crippen LogP) is 0.811. The predicted molar refractivity (Wildman–Crippen MR) is 34.2 cm³/mol. The summed E-state index contributed by atoms with van der Waals surface area (Å²) in [5.74, 6) is -2.74. The normalized spacial score (nSPS) is 11.9.